The zero-order valence-electron chi connectivity index (χ0n) is 11.7. The number of rotatable bonds is 3. The molecule has 23 heavy (non-hydrogen) atoms. The highest BCUT2D eigenvalue weighted by atomic mass is 79.9. The van der Waals surface area contributed by atoms with E-state index in [0.717, 1.165) is 10.0 Å². The molecule has 2 aromatic carbocycles. The first-order valence-electron chi connectivity index (χ1n) is 6.69. The topological polar surface area (TPSA) is 73.3 Å². The normalized spacial score (nSPS) is 11.2. The Balaban J connectivity index is 1.93. The van der Waals surface area contributed by atoms with E-state index in [2.05, 4.69) is 15.9 Å². The van der Waals surface area contributed by atoms with Gasteiger partial charge in [0.25, 0.3) is 5.69 Å². The maximum absolute atomic E-state index is 12.1. The van der Waals surface area contributed by atoms with Crippen LogP contribution in [0.4, 0.5) is 5.69 Å². The third kappa shape index (κ3) is 3.37. The highest BCUT2D eigenvalue weighted by Gasteiger charge is 2.04. The molecule has 0 fully saturated rings. The molecule has 0 aliphatic heterocycles. The summed E-state index contributed by atoms with van der Waals surface area (Å²) >= 11 is 3.32. The summed E-state index contributed by atoms with van der Waals surface area (Å²) in [6.07, 6.45) is 3.39. The van der Waals surface area contributed by atoms with Crippen molar-refractivity contribution in [3.8, 4) is 0 Å². The van der Waals surface area contributed by atoms with Crippen molar-refractivity contribution in [2.24, 2.45) is 0 Å². The van der Waals surface area contributed by atoms with Crippen molar-refractivity contribution in [3.05, 3.63) is 84.7 Å². The molecule has 0 atom stereocenters. The first-order chi connectivity index (χ1) is 11.0. The van der Waals surface area contributed by atoms with Gasteiger partial charge in [0.15, 0.2) is 5.43 Å². The number of nitrogens with zero attached hydrogens (tertiary/aromatic N) is 1. The summed E-state index contributed by atoms with van der Waals surface area (Å²) < 4.78 is 6.48. The molecule has 0 N–H and O–H groups in total. The molecule has 0 aliphatic rings. The molecule has 0 saturated heterocycles. The molecule has 5 nitrogen and oxygen atoms in total. The number of non-ortho nitro benzene ring substituents is 1. The van der Waals surface area contributed by atoms with Gasteiger partial charge >= 0.3 is 0 Å². The first kappa shape index (κ1) is 15.2. The predicted molar refractivity (Wildman–Crippen MR) is 92.2 cm³/mol. The third-order valence-electron chi connectivity index (χ3n) is 3.25. The lowest BCUT2D eigenvalue weighted by Gasteiger charge is -2.00. The van der Waals surface area contributed by atoms with Crippen molar-refractivity contribution in [3.63, 3.8) is 0 Å². The van der Waals surface area contributed by atoms with Gasteiger partial charge in [0.05, 0.1) is 10.3 Å². The summed E-state index contributed by atoms with van der Waals surface area (Å²) in [4.78, 5) is 22.3. The second-order valence-electron chi connectivity index (χ2n) is 4.84. The van der Waals surface area contributed by atoms with Crippen LogP contribution in [-0.4, -0.2) is 4.92 Å². The maximum Gasteiger partial charge on any atom is 0.269 e. The summed E-state index contributed by atoms with van der Waals surface area (Å²) in [5.74, 6) is 0.420. The van der Waals surface area contributed by atoms with Crippen LogP contribution in [0.25, 0.3) is 23.1 Å². The van der Waals surface area contributed by atoms with Crippen LogP contribution in [0.1, 0.15) is 11.3 Å². The molecule has 0 spiro atoms. The Kier molecular flexibility index (Phi) is 4.08. The van der Waals surface area contributed by atoms with Crippen LogP contribution < -0.4 is 5.43 Å². The zero-order chi connectivity index (χ0) is 16.4. The van der Waals surface area contributed by atoms with Crippen molar-refractivity contribution in [2.45, 2.75) is 0 Å². The molecule has 0 saturated carbocycles. The Labute approximate surface area is 139 Å². The number of fused-ring (bicyclic) bond motifs is 1. The van der Waals surface area contributed by atoms with Gasteiger partial charge in [-0.3, -0.25) is 14.9 Å². The molecular formula is C17H10BrNO4. The van der Waals surface area contributed by atoms with Crippen LogP contribution in [0.2, 0.25) is 0 Å². The van der Waals surface area contributed by atoms with Gasteiger partial charge in [0.2, 0.25) is 0 Å². The highest BCUT2D eigenvalue weighted by molar-refractivity contribution is 9.10. The van der Waals surface area contributed by atoms with Crippen molar-refractivity contribution in [2.75, 3.05) is 0 Å². The van der Waals surface area contributed by atoms with Crippen LogP contribution in [0.5, 0.6) is 0 Å². The number of hydrogen-bond acceptors (Lipinski definition) is 4. The molecule has 3 aromatic rings. The van der Waals surface area contributed by atoms with Crippen molar-refractivity contribution < 1.29 is 9.34 Å². The van der Waals surface area contributed by atoms with E-state index in [1.165, 1.54) is 18.2 Å². The Bertz CT molecular complexity index is 974. The lowest BCUT2D eigenvalue weighted by Crippen LogP contribution is -1.99. The van der Waals surface area contributed by atoms with E-state index in [0.29, 0.717) is 16.7 Å². The summed E-state index contributed by atoms with van der Waals surface area (Å²) in [5.41, 5.74) is 1.18. The molecule has 1 heterocycles. The fourth-order valence-corrected chi connectivity index (χ4v) is 2.48. The molecule has 0 aliphatic carbocycles. The highest BCUT2D eigenvalue weighted by Crippen LogP contribution is 2.19. The SMILES string of the molecule is O=c1cc(C=Cc2ccc([N+](=O)[O-])cc2)oc2ccc(Br)cc12. The lowest BCUT2D eigenvalue weighted by atomic mass is 10.1. The van der Waals surface area contributed by atoms with Gasteiger partial charge in [-0.1, -0.05) is 22.0 Å². The maximum atomic E-state index is 12.1. The number of nitro groups is 1. The minimum atomic E-state index is -0.450. The van der Waals surface area contributed by atoms with Gasteiger partial charge in [0.1, 0.15) is 11.3 Å². The Morgan fingerprint density at radius 1 is 1.04 bits per heavy atom. The van der Waals surface area contributed by atoms with E-state index in [1.54, 1.807) is 42.5 Å². The molecule has 114 valence electrons. The van der Waals surface area contributed by atoms with Crippen molar-refractivity contribution >= 4 is 44.7 Å². The standard InChI is InChI=1S/C17H10BrNO4/c18-12-4-8-17-15(9-12)16(20)10-14(23-17)7-3-11-1-5-13(6-2-11)19(21)22/h1-10H. The van der Waals surface area contributed by atoms with Gasteiger partial charge in [0, 0.05) is 22.7 Å². The van der Waals surface area contributed by atoms with Crippen LogP contribution >= 0.6 is 15.9 Å². The largest absolute Gasteiger partial charge is 0.456 e. The molecule has 0 amide bonds. The van der Waals surface area contributed by atoms with Gasteiger partial charge in [-0.05, 0) is 42.0 Å². The van der Waals surface area contributed by atoms with Crippen LogP contribution in [-0.2, 0) is 0 Å². The van der Waals surface area contributed by atoms with E-state index in [9.17, 15) is 14.9 Å². The molecular weight excluding hydrogens is 362 g/mol. The number of benzene rings is 2. The van der Waals surface area contributed by atoms with Crippen LogP contribution in [0.3, 0.4) is 0 Å². The molecule has 0 unspecified atom stereocenters. The van der Waals surface area contributed by atoms with Gasteiger partial charge in [-0.15, -0.1) is 0 Å². The fourth-order valence-electron chi connectivity index (χ4n) is 2.11. The Morgan fingerprint density at radius 2 is 1.78 bits per heavy atom. The first-order valence-corrected chi connectivity index (χ1v) is 7.48. The predicted octanol–water partition coefficient (Wildman–Crippen LogP) is 4.63. The summed E-state index contributed by atoms with van der Waals surface area (Å²) in [7, 11) is 0. The fraction of sp³-hybridized carbons (Fsp3) is 0. The minimum absolute atomic E-state index is 0.0324. The van der Waals surface area contributed by atoms with E-state index < -0.39 is 4.92 Å². The van der Waals surface area contributed by atoms with Crippen LogP contribution in [0.15, 0.2) is 62.2 Å². The molecule has 0 radical (unpaired) electrons. The van der Waals surface area contributed by atoms with Gasteiger partial charge in [-0.25, -0.2) is 0 Å². The minimum Gasteiger partial charge on any atom is -0.456 e. The smallest absolute Gasteiger partial charge is 0.269 e. The van der Waals surface area contributed by atoms with Gasteiger partial charge in [-0.2, -0.15) is 0 Å². The number of nitro benzene ring substituents is 1. The quantitative estimate of drug-likeness (QED) is 0.496. The average Bonchev–Trinajstić information content (AvgIpc) is 2.54. The second-order valence-corrected chi connectivity index (χ2v) is 5.75. The summed E-state index contributed by atoms with van der Waals surface area (Å²) in [6.45, 7) is 0. The van der Waals surface area contributed by atoms with E-state index in [-0.39, 0.29) is 11.1 Å². The molecule has 3 rings (SSSR count). The Morgan fingerprint density at radius 3 is 2.48 bits per heavy atom. The molecule has 0 bridgehead atoms. The average molecular weight is 372 g/mol. The Hall–Kier alpha value is -2.73. The summed E-state index contributed by atoms with van der Waals surface area (Å²) in [6, 6.07) is 12.8. The number of hydrogen-bond donors (Lipinski definition) is 0. The molecule has 6 heteroatoms. The third-order valence-corrected chi connectivity index (χ3v) is 3.75. The monoisotopic (exact) mass is 371 g/mol. The van der Waals surface area contributed by atoms with Crippen molar-refractivity contribution in [1.29, 1.82) is 0 Å². The second kappa shape index (κ2) is 6.18. The van der Waals surface area contributed by atoms with Crippen LogP contribution in [0, 0.1) is 10.1 Å². The molecule has 1 aromatic heterocycles. The van der Waals surface area contributed by atoms with E-state index in [4.69, 9.17) is 4.42 Å². The summed E-state index contributed by atoms with van der Waals surface area (Å²) in [5, 5.41) is 11.1. The van der Waals surface area contributed by atoms with E-state index >= 15 is 0 Å². The number of halogens is 1. The van der Waals surface area contributed by atoms with Crippen molar-refractivity contribution in [1.82, 2.24) is 0 Å². The lowest BCUT2D eigenvalue weighted by molar-refractivity contribution is -0.384. The van der Waals surface area contributed by atoms with Gasteiger partial charge < -0.3 is 4.42 Å². The zero-order valence-corrected chi connectivity index (χ0v) is 13.3. The van der Waals surface area contributed by atoms with E-state index in [1.807, 2.05) is 0 Å².